The van der Waals surface area contributed by atoms with Crippen LogP contribution in [0.2, 0.25) is 0 Å². The fraction of sp³-hybridized carbons (Fsp3) is 0.318. The van der Waals surface area contributed by atoms with Crippen molar-refractivity contribution < 1.29 is 9.47 Å². The Morgan fingerprint density at radius 1 is 1.21 bits per heavy atom. The summed E-state index contributed by atoms with van der Waals surface area (Å²) >= 11 is 5.29. The van der Waals surface area contributed by atoms with Gasteiger partial charge in [0.05, 0.1) is 12.8 Å². The Morgan fingerprint density at radius 2 is 2.03 bits per heavy atom. The first-order valence-electron chi connectivity index (χ1n) is 9.90. The molecule has 3 aromatic rings. The van der Waals surface area contributed by atoms with Gasteiger partial charge in [-0.1, -0.05) is 30.3 Å². The molecule has 1 aromatic heterocycles. The van der Waals surface area contributed by atoms with Crippen molar-refractivity contribution in [3.63, 3.8) is 0 Å². The predicted molar refractivity (Wildman–Crippen MR) is 115 cm³/mol. The number of rotatable bonds is 8. The summed E-state index contributed by atoms with van der Waals surface area (Å²) in [6.07, 6.45) is 5.68. The fourth-order valence-corrected chi connectivity index (χ4v) is 3.48. The molecule has 1 atom stereocenters. The molecule has 0 bridgehead atoms. The Labute approximate surface area is 175 Å². The largest absolute Gasteiger partial charge is 0.494 e. The number of aryl methyl sites for hydroxylation is 1. The van der Waals surface area contributed by atoms with Gasteiger partial charge in [0.1, 0.15) is 11.9 Å². The van der Waals surface area contributed by atoms with Gasteiger partial charge in [0, 0.05) is 6.61 Å². The van der Waals surface area contributed by atoms with Gasteiger partial charge in [-0.3, -0.25) is 5.10 Å². The summed E-state index contributed by atoms with van der Waals surface area (Å²) in [5.41, 5.74) is 2.30. The second kappa shape index (κ2) is 9.62. The maximum Gasteiger partial charge on any atom is 0.216 e. The lowest BCUT2D eigenvalue weighted by molar-refractivity contribution is 0.102. The Hall–Kier alpha value is -2.77. The number of hydrogen-bond acceptors (Lipinski definition) is 5. The molecule has 7 heteroatoms. The topological polar surface area (TPSA) is 64.4 Å². The first-order chi connectivity index (χ1) is 14.3. The maximum atomic E-state index is 5.84. The van der Waals surface area contributed by atoms with Gasteiger partial charge in [-0.15, -0.1) is 0 Å². The van der Waals surface area contributed by atoms with Crippen LogP contribution in [0.1, 0.15) is 42.3 Å². The van der Waals surface area contributed by atoms with E-state index in [1.165, 1.54) is 5.56 Å². The van der Waals surface area contributed by atoms with Gasteiger partial charge in [-0.2, -0.15) is 14.9 Å². The molecule has 1 N–H and O–H groups in total. The molecule has 0 saturated carbocycles. The Balaban J connectivity index is 1.31. The second-order valence-electron chi connectivity index (χ2n) is 6.95. The van der Waals surface area contributed by atoms with E-state index in [1.54, 1.807) is 10.9 Å². The lowest BCUT2D eigenvalue weighted by Gasteiger charge is -2.08. The molecular formula is C22H24N4O2S. The molecule has 4 rings (SSSR count). The Bertz CT molecular complexity index is 990. The van der Waals surface area contributed by atoms with Crippen molar-refractivity contribution in [2.24, 2.45) is 5.10 Å². The molecular weight excluding hydrogens is 384 g/mol. The van der Waals surface area contributed by atoms with Crippen molar-refractivity contribution in [3.8, 4) is 5.75 Å². The Morgan fingerprint density at radius 3 is 2.79 bits per heavy atom. The number of nitrogens with one attached hydrogen (secondary N) is 1. The highest BCUT2D eigenvalue weighted by Crippen LogP contribution is 2.27. The highest BCUT2D eigenvalue weighted by atomic mass is 32.1. The van der Waals surface area contributed by atoms with Gasteiger partial charge in [0.25, 0.3) is 0 Å². The van der Waals surface area contributed by atoms with Crippen LogP contribution in [-0.2, 0) is 11.2 Å². The molecule has 29 heavy (non-hydrogen) atoms. The van der Waals surface area contributed by atoms with Crippen LogP contribution >= 0.6 is 12.2 Å². The van der Waals surface area contributed by atoms with Gasteiger partial charge >= 0.3 is 0 Å². The van der Waals surface area contributed by atoms with Crippen molar-refractivity contribution in [1.29, 1.82) is 0 Å². The molecule has 1 unspecified atom stereocenters. The average molecular weight is 409 g/mol. The van der Waals surface area contributed by atoms with Crippen molar-refractivity contribution in [1.82, 2.24) is 14.9 Å². The number of nitrogens with zero attached hydrogens (tertiary/aromatic N) is 3. The molecule has 1 saturated heterocycles. The van der Waals surface area contributed by atoms with Crippen molar-refractivity contribution in [3.05, 3.63) is 76.3 Å². The monoisotopic (exact) mass is 408 g/mol. The second-order valence-corrected chi connectivity index (χ2v) is 7.34. The van der Waals surface area contributed by atoms with Crippen LogP contribution in [0.15, 0.2) is 59.7 Å². The number of aromatic amines is 1. The highest BCUT2D eigenvalue weighted by molar-refractivity contribution is 7.71. The summed E-state index contributed by atoms with van der Waals surface area (Å²) in [5.74, 6) is 1.58. The number of aromatic nitrogens is 3. The van der Waals surface area contributed by atoms with Gasteiger partial charge in [-0.05, 0) is 73.3 Å². The SMILES string of the molecule is S=c1[nH]nc(C2CCCO2)n1/N=C\c1ccc(OCCCc2ccccc2)cc1. The summed E-state index contributed by atoms with van der Waals surface area (Å²) in [6.45, 7) is 1.44. The Kier molecular flexibility index (Phi) is 6.49. The first kappa shape index (κ1) is 19.5. The van der Waals surface area contributed by atoms with Crippen LogP contribution in [0.3, 0.4) is 0 Å². The van der Waals surface area contributed by atoms with Gasteiger partial charge < -0.3 is 9.47 Å². The van der Waals surface area contributed by atoms with E-state index in [2.05, 4.69) is 39.6 Å². The molecule has 6 nitrogen and oxygen atoms in total. The lowest BCUT2D eigenvalue weighted by Crippen LogP contribution is -2.05. The zero-order chi connectivity index (χ0) is 19.9. The molecule has 1 fully saturated rings. The summed E-state index contributed by atoms with van der Waals surface area (Å²) in [6, 6.07) is 18.3. The summed E-state index contributed by atoms with van der Waals surface area (Å²) in [4.78, 5) is 0. The summed E-state index contributed by atoms with van der Waals surface area (Å²) in [7, 11) is 0. The quantitative estimate of drug-likeness (QED) is 0.334. The van der Waals surface area contributed by atoms with Gasteiger partial charge in [0.15, 0.2) is 5.82 Å². The van der Waals surface area contributed by atoms with E-state index in [1.807, 2.05) is 30.3 Å². The maximum absolute atomic E-state index is 5.84. The molecule has 0 aliphatic carbocycles. The molecule has 2 heterocycles. The number of H-pyrrole nitrogens is 1. The molecule has 0 radical (unpaired) electrons. The van der Waals surface area contributed by atoms with E-state index < -0.39 is 0 Å². The number of hydrogen-bond donors (Lipinski definition) is 1. The van der Waals surface area contributed by atoms with Crippen LogP contribution < -0.4 is 4.74 Å². The van der Waals surface area contributed by atoms with Gasteiger partial charge in [-0.25, -0.2) is 0 Å². The minimum Gasteiger partial charge on any atom is -0.494 e. The molecule has 0 amide bonds. The summed E-state index contributed by atoms with van der Waals surface area (Å²) in [5, 5.41) is 11.6. The van der Waals surface area contributed by atoms with E-state index in [4.69, 9.17) is 21.7 Å². The van der Waals surface area contributed by atoms with E-state index in [9.17, 15) is 0 Å². The van der Waals surface area contributed by atoms with E-state index in [-0.39, 0.29) is 6.10 Å². The standard InChI is InChI=1S/C22H24N4O2S/c29-22-25-24-21(20-9-5-15-28-20)26(22)23-16-18-10-12-19(13-11-18)27-14-4-8-17-6-2-1-3-7-17/h1-3,6-7,10-13,16,20H,4-5,8-9,14-15H2,(H,25,29)/b23-16-. The minimum atomic E-state index is -0.0493. The normalized spacial score (nSPS) is 16.5. The van der Waals surface area contributed by atoms with E-state index in [0.717, 1.165) is 49.4 Å². The van der Waals surface area contributed by atoms with E-state index >= 15 is 0 Å². The van der Waals surface area contributed by atoms with Crippen LogP contribution in [0.4, 0.5) is 0 Å². The number of ether oxygens (including phenoxy) is 2. The predicted octanol–water partition coefficient (Wildman–Crippen LogP) is 4.69. The molecule has 1 aliphatic heterocycles. The van der Waals surface area contributed by atoms with Crippen LogP contribution in [0, 0.1) is 4.77 Å². The van der Waals surface area contributed by atoms with Crippen LogP contribution in [0.5, 0.6) is 5.75 Å². The van der Waals surface area contributed by atoms with Crippen molar-refractivity contribution in [2.45, 2.75) is 31.8 Å². The lowest BCUT2D eigenvalue weighted by atomic mass is 10.1. The van der Waals surface area contributed by atoms with Crippen molar-refractivity contribution >= 4 is 18.4 Å². The fourth-order valence-electron chi connectivity index (χ4n) is 3.29. The van der Waals surface area contributed by atoms with Crippen LogP contribution in [-0.4, -0.2) is 34.3 Å². The molecule has 2 aromatic carbocycles. The third-order valence-corrected chi connectivity index (χ3v) is 5.08. The number of benzene rings is 2. The molecule has 1 aliphatic rings. The highest BCUT2D eigenvalue weighted by Gasteiger charge is 2.23. The van der Waals surface area contributed by atoms with E-state index in [0.29, 0.717) is 11.4 Å². The average Bonchev–Trinajstić information content (AvgIpc) is 3.41. The molecule has 150 valence electrons. The van der Waals surface area contributed by atoms with Crippen LogP contribution in [0.25, 0.3) is 0 Å². The third-order valence-electron chi connectivity index (χ3n) is 4.82. The van der Waals surface area contributed by atoms with Gasteiger partial charge in [0.2, 0.25) is 4.77 Å². The smallest absolute Gasteiger partial charge is 0.216 e. The zero-order valence-electron chi connectivity index (χ0n) is 16.2. The van der Waals surface area contributed by atoms with Crippen molar-refractivity contribution in [2.75, 3.05) is 13.2 Å². The third kappa shape index (κ3) is 5.19. The zero-order valence-corrected chi connectivity index (χ0v) is 17.0. The molecule has 0 spiro atoms. The first-order valence-corrected chi connectivity index (χ1v) is 10.3. The summed E-state index contributed by atoms with van der Waals surface area (Å²) < 4.78 is 13.6. The minimum absolute atomic E-state index is 0.0493.